The quantitative estimate of drug-likeness (QED) is 0.839. The van der Waals surface area contributed by atoms with Gasteiger partial charge in [-0.1, -0.05) is 0 Å². The second kappa shape index (κ2) is 4.61. The van der Waals surface area contributed by atoms with E-state index in [9.17, 15) is 9.59 Å². The Hall–Kier alpha value is -1.78. The normalized spacial score (nSPS) is 14.5. The maximum atomic E-state index is 11.7. The molecule has 0 atom stereocenters. The summed E-state index contributed by atoms with van der Waals surface area (Å²) in [5.41, 5.74) is 0.930. The third-order valence-corrected chi connectivity index (χ3v) is 3.08. The standard InChI is InChI=1S/C12H16N2O3/c1-13-7-2-8-14-10(15)5-3-9(12(13)14)4-6-11(16)17/h3,5H,2,4,6-8H2,1H3,(H,16,17). The minimum Gasteiger partial charge on any atom is -0.481 e. The molecule has 0 amide bonds. The lowest BCUT2D eigenvalue weighted by atomic mass is 10.1. The minimum atomic E-state index is -0.812. The molecule has 1 aliphatic heterocycles. The van der Waals surface area contributed by atoms with E-state index in [1.54, 1.807) is 10.6 Å². The first-order valence-corrected chi connectivity index (χ1v) is 5.75. The van der Waals surface area contributed by atoms with Crippen LogP contribution in [0.5, 0.6) is 0 Å². The molecule has 0 bridgehead atoms. The summed E-state index contributed by atoms with van der Waals surface area (Å²) in [5.74, 6) is 0.0680. The van der Waals surface area contributed by atoms with Crippen LogP contribution in [0.2, 0.25) is 0 Å². The van der Waals surface area contributed by atoms with Gasteiger partial charge in [-0.15, -0.1) is 0 Å². The van der Waals surface area contributed by atoms with Crippen molar-refractivity contribution in [3.05, 3.63) is 28.0 Å². The number of fused-ring (bicyclic) bond motifs is 1. The molecule has 5 heteroatoms. The van der Waals surface area contributed by atoms with Gasteiger partial charge in [0, 0.05) is 32.6 Å². The number of hydrogen-bond donors (Lipinski definition) is 1. The average Bonchev–Trinajstić information content (AvgIpc) is 2.29. The van der Waals surface area contributed by atoms with Crippen molar-refractivity contribution < 1.29 is 9.90 Å². The predicted molar refractivity (Wildman–Crippen MR) is 64.5 cm³/mol. The van der Waals surface area contributed by atoms with Gasteiger partial charge in [-0.25, -0.2) is 0 Å². The molecule has 5 nitrogen and oxygen atoms in total. The van der Waals surface area contributed by atoms with E-state index in [-0.39, 0.29) is 12.0 Å². The van der Waals surface area contributed by atoms with Crippen LogP contribution >= 0.6 is 0 Å². The van der Waals surface area contributed by atoms with Crippen molar-refractivity contribution in [2.45, 2.75) is 25.8 Å². The molecule has 17 heavy (non-hydrogen) atoms. The Morgan fingerprint density at radius 2 is 2.18 bits per heavy atom. The van der Waals surface area contributed by atoms with Crippen molar-refractivity contribution in [1.29, 1.82) is 0 Å². The Morgan fingerprint density at radius 3 is 2.88 bits per heavy atom. The van der Waals surface area contributed by atoms with E-state index in [0.29, 0.717) is 6.42 Å². The van der Waals surface area contributed by atoms with Gasteiger partial charge in [-0.3, -0.25) is 14.2 Å². The lowest BCUT2D eigenvalue weighted by molar-refractivity contribution is -0.136. The van der Waals surface area contributed by atoms with Gasteiger partial charge >= 0.3 is 5.97 Å². The molecule has 1 aliphatic rings. The van der Waals surface area contributed by atoms with E-state index in [1.165, 1.54) is 6.07 Å². The number of hydrogen-bond acceptors (Lipinski definition) is 3. The number of nitrogens with zero attached hydrogens (tertiary/aromatic N) is 2. The number of pyridine rings is 1. The van der Waals surface area contributed by atoms with Gasteiger partial charge in [-0.2, -0.15) is 0 Å². The number of anilines is 1. The van der Waals surface area contributed by atoms with E-state index in [2.05, 4.69) is 0 Å². The molecular weight excluding hydrogens is 220 g/mol. The third kappa shape index (κ3) is 2.33. The van der Waals surface area contributed by atoms with Crippen molar-refractivity contribution >= 4 is 11.8 Å². The molecule has 0 aromatic carbocycles. The monoisotopic (exact) mass is 236 g/mol. The van der Waals surface area contributed by atoms with E-state index in [1.807, 2.05) is 11.9 Å². The Bertz CT molecular complexity index is 493. The van der Waals surface area contributed by atoms with Gasteiger partial charge in [-0.05, 0) is 24.5 Å². The Morgan fingerprint density at radius 1 is 1.41 bits per heavy atom. The van der Waals surface area contributed by atoms with Crippen LogP contribution in [0.3, 0.4) is 0 Å². The molecule has 0 saturated carbocycles. The van der Waals surface area contributed by atoms with E-state index >= 15 is 0 Å². The predicted octanol–water partition coefficient (Wildman–Crippen LogP) is 0.705. The van der Waals surface area contributed by atoms with Gasteiger partial charge in [0.25, 0.3) is 5.56 Å². The first-order chi connectivity index (χ1) is 8.09. The van der Waals surface area contributed by atoms with Crippen LogP contribution in [0, 0.1) is 0 Å². The maximum Gasteiger partial charge on any atom is 0.303 e. The molecule has 2 heterocycles. The molecule has 1 aromatic rings. The number of carboxylic acids is 1. The smallest absolute Gasteiger partial charge is 0.303 e. The van der Waals surface area contributed by atoms with Gasteiger partial charge in [0.15, 0.2) is 0 Å². The van der Waals surface area contributed by atoms with Gasteiger partial charge < -0.3 is 10.0 Å². The second-order valence-electron chi connectivity index (χ2n) is 4.34. The summed E-state index contributed by atoms with van der Waals surface area (Å²) in [6.45, 7) is 1.63. The van der Waals surface area contributed by atoms with E-state index in [4.69, 9.17) is 5.11 Å². The van der Waals surface area contributed by atoms with Crippen LogP contribution in [0.4, 0.5) is 5.82 Å². The Kier molecular flexibility index (Phi) is 3.17. The summed E-state index contributed by atoms with van der Waals surface area (Å²) in [4.78, 5) is 24.4. The SMILES string of the molecule is CN1CCCn2c1c(CCC(=O)O)ccc2=O. The average molecular weight is 236 g/mol. The molecule has 0 radical (unpaired) electrons. The van der Waals surface area contributed by atoms with Crippen molar-refractivity contribution in [1.82, 2.24) is 4.57 Å². The highest BCUT2D eigenvalue weighted by Gasteiger charge is 2.18. The highest BCUT2D eigenvalue weighted by molar-refractivity contribution is 5.67. The fourth-order valence-corrected chi connectivity index (χ4v) is 2.29. The van der Waals surface area contributed by atoms with Crippen molar-refractivity contribution in [3.63, 3.8) is 0 Å². The van der Waals surface area contributed by atoms with Crippen LogP contribution in [-0.2, 0) is 17.8 Å². The molecule has 0 unspecified atom stereocenters. The van der Waals surface area contributed by atoms with E-state index in [0.717, 1.165) is 30.9 Å². The topological polar surface area (TPSA) is 62.5 Å². The van der Waals surface area contributed by atoms with Gasteiger partial charge in [0.05, 0.1) is 0 Å². The number of aliphatic carboxylic acids is 1. The number of rotatable bonds is 3. The highest BCUT2D eigenvalue weighted by Crippen LogP contribution is 2.23. The first-order valence-electron chi connectivity index (χ1n) is 5.75. The summed E-state index contributed by atoms with van der Waals surface area (Å²) in [6.07, 6.45) is 1.51. The zero-order chi connectivity index (χ0) is 12.4. The Labute approximate surface area is 99.3 Å². The fraction of sp³-hybridized carbons (Fsp3) is 0.500. The molecule has 0 aliphatic carbocycles. The zero-order valence-corrected chi connectivity index (χ0v) is 9.85. The third-order valence-electron chi connectivity index (χ3n) is 3.08. The summed E-state index contributed by atoms with van der Waals surface area (Å²) in [7, 11) is 1.94. The summed E-state index contributed by atoms with van der Waals surface area (Å²) in [5, 5.41) is 8.72. The molecule has 2 rings (SSSR count). The summed E-state index contributed by atoms with van der Waals surface area (Å²) >= 11 is 0. The second-order valence-corrected chi connectivity index (χ2v) is 4.34. The lowest BCUT2D eigenvalue weighted by Crippen LogP contribution is -2.36. The molecule has 0 saturated heterocycles. The van der Waals surface area contributed by atoms with Crippen molar-refractivity contribution in [3.8, 4) is 0 Å². The van der Waals surface area contributed by atoms with Crippen LogP contribution in [0.25, 0.3) is 0 Å². The highest BCUT2D eigenvalue weighted by atomic mass is 16.4. The van der Waals surface area contributed by atoms with Crippen molar-refractivity contribution in [2.75, 3.05) is 18.5 Å². The van der Waals surface area contributed by atoms with Gasteiger partial charge in [0.2, 0.25) is 0 Å². The van der Waals surface area contributed by atoms with E-state index < -0.39 is 5.97 Å². The van der Waals surface area contributed by atoms with Crippen LogP contribution in [-0.4, -0.2) is 29.2 Å². The molecule has 0 spiro atoms. The molecule has 0 fully saturated rings. The maximum absolute atomic E-state index is 11.7. The van der Waals surface area contributed by atoms with Crippen LogP contribution < -0.4 is 10.5 Å². The summed E-state index contributed by atoms with van der Waals surface area (Å²) in [6, 6.07) is 3.28. The van der Waals surface area contributed by atoms with Crippen LogP contribution in [0.1, 0.15) is 18.4 Å². The molecular formula is C12H16N2O3. The molecule has 92 valence electrons. The molecule has 1 aromatic heterocycles. The minimum absolute atomic E-state index is 0.00868. The Balaban J connectivity index is 2.39. The fourth-order valence-electron chi connectivity index (χ4n) is 2.29. The van der Waals surface area contributed by atoms with Crippen LogP contribution in [0.15, 0.2) is 16.9 Å². The first kappa shape index (κ1) is 11.7. The number of aryl methyl sites for hydroxylation is 1. The number of carbonyl (C=O) groups is 1. The van der Waals surface area contributed by atoms with Gasteiger partial charge in [0.1, 0.15) is 5.82 Å². The number of carboxylic acid groups (broad SMARTS) is 1. The lowest BCUT2D eigenvalue weighted by Gasteiger charge is -2.30. The molecule has 1 N–H and O–H groups in total. The summed E-state index contributed by atoms with van der Waals surface area (Å²) < 4.78 is 1.74. The zero-order valence-electron chi connectivity index (χ0n) is 9.85. The number of aromatic nitrogens is 1. The van der Waals surface area contributed by atoms with Crippen molar-refractivity contribution in [2.24, 2.45) is 0 Å². The largest absolute Gasteiger partial charge is 0.481 e.